The number of nitrogens with one attached hydrogen (secondary N) is 1. The molecule has 106 valence electrons. The summed E-state index contributed by atoms with van der Waals surface area (Å²) in [6.45, 7) is 1.14. The Morgan fingerprint density at radius 1 is 0.952 bits per heavy atom. The van der Waals surface area contributed by atoms with Crippen LogP contribution in [0, 0.1) is 11.6 Å². The van der Waals surface area contributed by atoms with E-state index in [1.165, 1.54) is 6.07 Å². The summed E-state index contributed by atoms with van der Waals surface area (Å²) in [4.78, 5) is 4.10. The van der Waals surface area contributed by atoms with Crippen molar-refractivity contribution in [3.05, 3.63) is 77.6 Å². The van der Waals surface area contributed by atoms with E-state index in [2.05, 4.69) is 10.3 Å². The van der Waals surface area contributed by atoms with E-state index in [0.29, 0.717) is 13.1 Å². The summed E-state index contributed by atoms with van der Waals surface area (Å²) in [5.74, 6) is -1.63. The molecule has 0 amide bonds. The van der Waals surface area contributed by atoms with Gasteiger partial charge >= 0.3 is 0 Å². The van der Waals surface area contributed by atoms with Crippen LogP contribution >= 0.6 is 0 Å². The molecule has 0 saturated heterocycles. The minimum Gasteiger partial charge on any atom is -0.309 e. The van der Waals surface area contributed by atoms with E-state index >= 15 is 0 Å². The first-order valence-corrected chi connectivity index (χ1v) is 6.70. The fourth-order valence-corrected chi connectivity index (χ4v) is 2.33. The molecule has 0 saturated carbocycles. The first-order valence-electron chi connectivity index (χ1n) is 6.70. The van der Waals surface area contributed by atoms with Gasteiger partial charge in [0.1, 0.15) is 0 Å². The van der Waals surface area contributed by atoms with Crippen molar-refractivity contribution in [2.24, 2.45) is 0 Å². The molecule has 1 aromatic heterocycles. The lowest BCUT2D eigenvalue weighted by Crippen LogP contribution is -2.13. The lowest BCUT2D eigenvalue weighted by atomic mass is 10.1. The smallest absolute Gasteiger partial charge is 0.159 e. The summed E-state index contributed by atoms with van der Waals surface area (Å²) in [6, 6.07) is 12.0. The molecular weight excluding hydrogens is 270 g/mol. The summed E-state index contributed by atoms with van der Waals surface area (Å²) < 4.78 is 26.0. The number of fused-ring (bicyclic) bond motifs is 1. The molecule has 0 radical (unpaired) electrons. The van der Waals surface area contributed by atoms with Gasteiger partial charge in [-0.05, 0) is 34.7 Å². The Morgan fingerprint density at radius 3 is 2.71 bits per heavy atom. The van der Waals surface area contributed by atoms with E-state index in [0.717, 1.165) is 28.0 Å². The highest BCUT2D eigenvalue weighted by molar-refractivity contribution is 5.84. The van der Waals surface area contributed by atoms with Gasteiger partial charge < -0.3 is 5.32 Å². The number of halogens is 2. The predicted molar refractivity (Wildman–Crippen MR) is 78.6 cm³/mol. The van der Waals surface area contributed by atoms with Crippen LogP contribution in [0.25, 0.3) is 10.8 Å². The van der Waals surface area contributed by atoms with Gasteiger partial charge in [-0.25, -0.2) is 8.78 Å². The third-order valence-electron chi connectivity index (χ3n) is 3.40. The van der Waals surface area contributed by atoms with Gasteiger partial charge in [-0.2, -0.15) is 0 Å². The highest BCUT2D eigenvalue weighted by Gasteiger charge is 2.03. The van der Waals surface area contributed by atoms with Gasteiger partial charge in [0, 0.05) is 30.9 Å². The minimum atomic E-state index is -0.819. The van der Waals surface area contributed by atoms with Gasteiger partial charge in [-0.1, -0.05) is 24.3 Å². The fraction of sp³-hybridized carbons (Fsp3) is 0.118. The van der Waals surface area contributed by atoms with Gasteiger partial charge in [0.2, 0.25) is 0 Å². The standard InChI is InChI=1S/C17H14F2N2/c18-16-5-4-12(8-17(16)19)9-21-11-14-3-1-2-13-10-20-7-6-15(13)14/h1-8,10,21H,9,11H2. The molecule has 3 aromatic rings. The van der Waals surface area contributed by atoms with E-state index in [-0.39, 0.29) is 0 Å². The quantitative estimate of drug-likeness (QED) is 0.788. The molecule has 2 aromatic carbocycles. The molecule has 4 heteroatoms. The number of aromatic nitrogens is 1. The molecule has 1 N–H and O–H groups in total. The highest BCUT2D eigenvalue weighted by Crippen LogP contribution is 2.17. The molecule has 1 heterocycles. The van der Waals surface area contributed by atoms with Crippen LogP contribution in [-0.4, -0.2) is 4.98 Å². The van der Waals surface area contributed by atoms with Crippen molar-refractivity contribution >= 4 is 10.8 Å². The third kappa shape index (κ3) is 3.06. The molecule has 0 aliphatic heterocycles. The van der Waals surface area contributed by atoms with Crippen molar-refractivity contribution in [1.29, 1.82) is 0 Å². The number of pyridine rings is 1. The van der Waals surface area contributed by atoms with Crippen molar-refractivity contribution in [1.82, 2.24) is 10.3 Å². The molecule has 0 bridgehead atoms. The summed E-state index contributed by atoms with van der Waals surface area (Å²) in [5.41, 5.74) is 1.87. The zero-order valence-corrected chi connectivity index (χ0v) is 11.3. The van der Waals surface area contributed by atoms with Crippen molar-refractivity contribution < 1.29 is 8.78 Å². The summed E-state index contributed by atoms with van der Waals surface area (Å²) in [5, 5.41) is 5.48. The Morgan fingerprint density at radius 2 is 1.86 bits per heavy atom. The van der Waals surface area contributed by atoms with Crippen molar-refractivity contribution in [2.45, 2.75) is 13.1 Å². The van der Waals surface area contributed by atoms with E-state index < -0.39 is 11.6 Å². The van der Waals surface area contributed by atoms with E-state index in [1.807, 2.05) is 30.5 Å². The first kappa shape index (κ1) is 13.6. The topological polar surface area (TPSA) is 24.9 Å². The molecule has 0 spiro atoms. The average Bonchev–Trinajstić information content (AvgIpc) is 2.51. The Labute approximate surface area is 121 Å². The van der Waals surface area contributed by atoms with Crippen LogP contribution in [0.15, 0.2) is 54.9 Å². The molecular formula is C17H14F2N2. The van der Waals surface area contributed by atoms with Crippen LogP contribution in [0.1, 0.15) is 11.1 Å². The number of nitrogens with zero attached hydrogens (tertiary/aromatic N) is 1. The second-order valence-electron chi connectivity index (χ2n) is 4.87. The number of hydrogen-bond donors (Lipinski definition) is 1. The van der Waals surface area contributed by atoms with E-state index in [4.69, 9.17) is 0 Å². The minimum absolute atomic E-state index is 0.485. The lowest BCUT2D eigenvalue weighted by molar-refractivity contribution is 0.506. The van der Waals surface area contributed by atoms with Crippen LogP contribution in [0.3, 0.4) is 0 Å². The number of benzene rings is 2. The zero-order valence-electron chi connectivity index (χ0n) is 11.3. The number of hydrogen-bond acceptors (Lipinski definition) is 2. The van der Waals surface area contributed by atoms with Crippen LogP contribution in [-0.2, 0) is 13.1 Å². The monoisotopic (exact) mass is 284 g/mol. The summed E-state index contributed by atoms with van der Waals surface area (Å²) in [7, 11) is 0. The average molecular weight is 284 g/mol. The second-order valence-corrected chi connectivity index (χ2v) is 4.87. The van der Waals surface area contributed by atoms with Gasteiger partial charge in [0.15, 0.2) is 11.6 Å². The van der Waals surface area contributed by atoms with Crippen LogP contribution < -0.4 is 5.32 Å². The molecule has 3 rings (SSSR count). The second kappa shape index (κ2) is 5.97. The predicted octanol–water partition coefficient (Wildman–Crippen LogP) is 3.80. The Hall–Kier alpha value is -2.33. The largest absolute Gasteiger partial charge is 0.309 e. The van der Waals surface area contributed by atoms with Crippen molar-refractivity contribution in [3.8, 4) is 0 Å². The van der Waals surface area contributed by atoms with E-state index in [1.54, 1.807) is 12.3 Å². The van der Waals surface area contributed by atoms with Gasteiger partial charge in [-0.3, -0.25) is 4.98 Å². The highest BCUT2D eigenvalue weighted by atomic mass is 19.2. The maximum atomic E-state index is 13.1. The SMILES string of the molecule is Fc1ccc(CNCc2cccc3cnccc23)cc1F. The molecule has 0 fully saturated rings. The zero-order chi connectivity index (χ0) is 14.7. The Kier molecular flexibility index (Phi) is 3.88. The Balaban J connectivity index is 1.70. The van der Waals surface area contributed by atoms with Crippen molar-refractivity contribution in [2.75, 3.05) is 0 Å². The molecule has 0 aliphatic carbocycles. The fourth-order valence-electron chi connectivity index (χ4n) is 2.33. The molecule has 0 aliphatic rings. The van der Waals surface area contributed by atoms with Gasteiger partial charge in [0.05, 0.1) is 0 Å². The normalized spacial score (nSPS) is 11.0. The first-order chi connectivity index (χ1) is 10.2. The van der Waals surface area contributed by atoms with Gasteiger partial charge in [-0.15, -0.1) is 0 Å². The van der Waals surface area contributed by atoms with Gasteiger partial charge in [0.25, 0.3) is 0 Å². The molecule has 0 atom stereocenters. The maximum Gasteiger partial charge on any atom is 0.159 e. The molecule has 0 unspecified atom stereocenters. The van der Waals surface area contributed by atoms with E-state index in [9.17, 15) is 8.78 Å². The Bertz CT molecular complexity index is 766. The lowest BCUT2D eigenvalue weighted by Gasteiger charge is -2.08. The number of rotatable bonds is 4. The maximum absolute atomic E-state index is 13.1. The van der Waals surface area contributed by atoms with Crippen LogP contribution in [0.2, 0.25) is 0 Å². The summed E-state index contributed by atoms with van der Waals surface area (Å²) in [6.07, 6.45) is 3.59. The summed E-state index contributed by atoms with van der Waals surface area (Å²) >= 11 is 0. The third-order valence-corrected chi connectivity index (χ3v) is 3.40. The molecule has 2 nitrogen and oxygen atoms in total. The van der Waals surface area contributed by atoms with Crippen LogP contribution in [0.4, 0.5) is 8.78 Å². The van der Waals surface area contributed by atoms with Crippen LogP contribution in [0.5, 0.6) is 0 Å². The molecule has 21 heavy (non-hydrogen) atoms. The van der Waals surface area contributed by atoms with Crippen molar-refractivity contribution in [3.63, 3.8) is 0 Å².